The zero-order chi connectivity index (χ0) is 23.5. The lowest BCUT2D eigenvalue weighted by Gasteiger charge is -2.34. The monoisotopic (exact) mass is 456 g/mol. The second kappa shape index (κ2) is 7.60. The summed E-state index contributed by atoms with van der Waals surface area (Å²) in [5, 5.41) is 0. The first-order chi connectivity index (χ1) is 15.8. The summed E-state index contributed by atoms with van der Waals surface area (Å²) in [7, 11) is 1.54. The van der Waals surface area contributed by atoms with Crippen molar-refractivity contribution in [1.29, 1.82) is 0 Å². The van der Waals surface area contributed by atoms with Crippen molar-refractivity contribution in [3.05, 3.63) is 47.4 Å². The van der Waals surface area contributed by atoms with Crippen LogP contribution in [0.1, 0.15) is 38.3 Å². The number of ether oxygens (including phenoxy) is 3. The zero-order valence-electron chi connectivity index (χ0n) is 18.7. The largest absolute Gasteiger partial charge is 0.497 e. The number of imide groups is 1. The number of amides is 3. The first kappa shape index (κ1) is 21.5. The van der Waals surface area contributed by atoms with Crippen LogP contribution in [-0.2, 0) is 14.3 Å². The van der Waals surface area contributed by atoms with Crippen LogP contribution in [0.5, 0.6) is 11.5 Å². The molecular weight excluding hydrogens is 431 g/mol. The molecule has 174 valence electrons. The van der Waals surface area contributed by atoms with Gasteiger partial charge in [0.05, 0.1) is 32.3 Å². The molecule has 0 spiro atoms. The highest BCUT2D eigenvalue weighted by Crippen LogP contribution is 2.59. The molecule has 0 unspecified atom stereocenters. The molecule has 0 saturated carbocycles. The van der Waals surface area contributed by atoms with Crippen LogP contribution in [0.2, 0.25) is 0 Å². The lowest BCUT2D eigenvalue weighted by molar-refractivity contribution is -0.155. The van der Waals surface area contributed by atoms with E-state index in [0.717, 1.165) is 4.90 Å². The number of fused-ring (bicyclic) bond motifs is 5. The van der Waals surface area contributed by atoms with Crippen LogP contribution in [0, 0.1) is 11.8 Å². The molecule has 0 radical (unpaired) electrons. The molecule has 3 heterocycles. The van der Waals surface area contributed by atoms with E-state index in [9.17, 15) is 18.8 Å². The standard InChI is InChI=1S/C24H25FN2O6/c1-4-32-21(28)19-17-12-33-18-11-15(31-3)8-9-16(18)20(17)27-23(30)26(22(29)24(19,27)2)14-7-5-6-13(25)10-14/h6,8-11,17,19-20H,4-5,7,12H2,1-3H3/t17-,19+,20+,24+/m1/s1. The molecule has 0 aromatic heterocycles. The summed E-state index contributed by atoms with van der Waals surface area (Å²) in [6.07, 6.45) is 3.36. The molecular formula is C24H25FN2O6. The summed E-state index contributed by atoms with van der Waals surface area (Å²) in [4.78, 5) is 43.2. The van der Waals surface area contributed by atoms with E-state index in [1.54, 1.807) is 39.2 Å². The van der Waals surface area contributed by atoms with Gasteiger partial charge in [0.25, 0.3) is 5.91 Å². The van der Waals surface area contributed by atoms with E-state index in [1.807, 2.05) is 0 Å². The maximum Gasteiger partial charge on any atom is 0.332 e. The molecule has 4 aliphatic rings. The van der Waals surface area contributed by atoms with Gasteiger partial charge >= 0.3 is 12.0 Å². The molecule has 0 N–H and O–H groups in total. The van der Waals surface area contributed by atoms with Crippen molar-refractivity contribution in [2.24, 2.45) is 11.8 Å². The lowest BCUT2D eigenvalue weighted by Crippen LogP contribution is -2.51. The van der Waals surface area contributed by atoms with Crippen LogP contribution in [0.4, 0.5) is 9.18 Å². The number of urea groups is 1. The smallest absolute Gasteiger partial charge is 0.332 e. The topological polar surface area (TPSA) is 85.4 Å². The molecule has 2 fully saturated rings. The van der Waals surface area contributed by atoms with Crippen molar-refractivity contribution >= 4 is 17.9 Å². The molecule has 33 heavy (non-hydrogen) atoms. The molecule has 4 atom stereocenters. The SMILES string of the molecule is CCOC(=O)[C@@H]1[C@H]2COc3cc(OC)ccc3[C@@H]2N2C(=O)N(C3=CC(F)=CCC3)C(=O)[C@]12C. The number of halogens is 1. The number of nitrogens with zero attached hydrogens (tertiary/aromatic N) is 2. The summed E-state index contributed by atoms with van der Waals surface area (Å²) < 4.78 is 30.6. The van der Waals surface area contributed by atoms with E-state index in [4.69, 9.17) is 14.2 Å². The van der Waals surface area contributed by atoms with Gasteiger partial charge in [0, 0.05) is 23.2 Å². The van der Waals surface area contributed by atoms with Crippen molar-refractivity contribution in [3.63, 3.8) is 0 Å². The number of carbonyl (C=O) groups excluding carboxylic acids is 3. The summed E-state index contributed by atoms with van der Waals surface area (Å²) in [6.45, 7) is 3.58. The first-order valence-electron chi connectivity index (χ1n) is 11.0. The summed E-state index contributed by atoms with van der Waals surface area (Å²) in [5.74, 6) is -1.86. The van der Waals surface area contributed by atoms with E-state index in [0.29, 0.717) is 35.6 Å². The highest BCUT2D eigenvalue weighted by Gasteiger charge is 2.72. The van der Waals surface area contributed by atoms with Crippen LogP contribution >= 0.6 is 0 Å². The molecule has 2 saturated heterocycles. The molecule has 9 heteroatoms. The van der Waals surface area contributed by atoms with E-state index < -0.39 is 47.2 Å². The predicted octanol–water partition coefficient (Wildman–Crippen LogP) is 3.49. The molecule has 5 rings (SSSR count). The molecule has 3 amide bonds. The van der Waals surface area contributed by atoms with Crippen LogP contribution in [0.25, 0.3) is 0 Å². The van der Waals surface area contributed by atoms with E-state index in [1.165, 1.54) is 17.1 Å². The van der Waals surface area contributed by atoms with Gasteiger partial charge in [0.1, 0.15) is 22.9 Å². The quantitative estimate of drug-likeness (QED) is 0.509. The maximum atomic E-state index is 14.0. The average Bonchev–Trinajstić information content (AvgIpc) is 3.18. The number of rotatable bonds is 4. The Hall–Kier alpha value is -3.36. The molecule has 1 aromatic carbocycles. The lowest BCUT2D eigenvalue weighted by atomic mass is 9.77. The number of methoxy groups -OCH3 is 1. The van der Waals surface area contributed by atoms with Crippen molar-refractivity contribution in [2.45, 2.75) is 38.3 Å². The second-order valence-electron chi connectivity index (χ2n) is 8.76. The molecule has 8 nitrogen and oxygen atoms in total. The van der Waals surface area contributed by atoms with E-state index in [-0.39, 0.29) is 13.2 Å². The van der Waals surface area contributed by atoms with Gasteiger partial charge in [0.15, 0.2) is 0 Å². The number of carbonyl (C=O) groups is 3. The third kappa shape index (κ3) is 2.91. The zero-order valence-corrected chi connectivity index (χ0v) is 18.7. The van der Waals surface area contributed by atoms with Crippen LogP contribution in [-0.4, -0.2) is 53.6 Å². The third-order valence-corrected chi connectivity index (χ3v) is 7.09. The van der Waals surface area contributed by atoms with Crippen molar-refractivity contribution in [1.82, 2.24) is 9.80 Å². The number of hydrogen-bond acceptors (Lipinski definition) is 6. The van der Waals surface area contributed by atoms with Gasteiger partial charge in [-0.3, -0.25) is 9.59 Å². The summed E-state index contributed by atoms with van der Waals surface area (Å²) in [5.41, 5.74) is -0.499. The van der Waals surface area contributed by atoms with Crippen molar-refractivity contribution in [3.8, 4) is 11.5 Å². The number of esters is 1. The van der Waals surface area contributed by atoms with Gasteiger partial charge in [-0.25, -0.2) is 14.1 Å². The Balaban J connectivity index is 1.65. The molecule has 1 aromatic rings. The third-order valence-electron chi connectivity index (χ3n) is 7.09. The Morgan fingerprint density at radius 2 is 2.12 bits per heavy atom. The highest BCUT2D eigenvalue weighted by atomic mass is 19.1. The van der Waals surface area contributed by atoms with E-state index in [2.05, 4.69) is 0 Å². The average molecular weight is 456 g/mol. The minimum atomic E-state index is -1.48. The minimum Gasteiger partial charge on any atom is -0.497 e. The summed E-state index contributed by atoms with van der Waals surface area (Å²) in [6, 6.07) is 4.13. The van der Waals surface area contributed by atoms with Gasteiger partial charge in [-0.2, -0.15) is 0 Å². The number of benzene rings is 1. The molecule has 1 aliphatic carbocycles. The second-order valence-corrected chi connectivity index (χ2v) is 8.76. The minimum absolute atomic E-state index is 0.140. The fourth-order valence-corrected chi connectivity index (χ4v) is 5.67. The Labute approximate surface area is 190 Å². The predicted molar refractivity (Wildman–Crippen MR) is 114 cm³/mol. The Morgan fingerprint density at radius 1 is 1.33 bits per heavy atom. The van der Waals surface area contributed by atoms with Gasteiger partial charge in [-0.1, -0.05) is 0 Å². The van der Waals surface area contributed by atoms with Crippen LogP contribution in [0.15, 0.2) is 41.9 Å². The van der Waals surface area contributed by atoms with Gasteiger partial charge < -0.3 is 19.1 Å². The van der Waals surface area contributed by atoms with Gasteiger partial charge in [-0.15, -0.1) is 0 Å². The highest BCUT2D eigenvalue weighted by molar-refractivity contribution is 6.11. The van der Waals surface area contributed by atoms with Crippen LogP contribution < -0.4 is 9.47 Å². The Bertz CT molecular complexity index is 1110. The molecule has 3 aliphatic heterocycles. The number of allylic oxidation sites excluding steroid dienone is 4. The Morgan fingerprint density at radius 3 is 2.82 bits per heavy atom. The fourth-order valence-electron chi connectivity index (χ4n) is 5.67. The van der Waals surface area contributed by atoms with Gasteiger partial charge in [0.2, 0.25) is 0 Å². The maximum absolute atomic E-state index is 14.0. The first-order valence-corrected chi connectivity index (χ1v) is 11.0. The fraction of sp³-hybridized carbons (Fsp3) is 0.458. The van der Waals surface area contributed by atoms with Gasteiger partial charge in [-0.05, 0) is 51.0 Å². The van der Waals surface area contributed by atoms with E-state index >= 15 is 0 Å². The van der Waals surface area contributed by atoms with Crippen molar-refractivity contribution in [2.75, 3.05) is 20.3 Å². The Kier molecular flexibility index (Phi) is 4.95. The van der Waals surface area contributed by atoms with Crippen LogP contribution in [0.3, 0.4) is 0 Å². The molecule has 0 bridgehead atoms. The normalized spacial score (nSPS) is 30.1. The van der Waals surface area contributed by atoms with Crippen molar-refractivity contribution < 1.29 is 33.0 Å². The number of hydrogen-bond donors (Lipinski definition) is 0. The summed E-state index contributed by atoms with van der Waals surface area (Å²) >= 11 is 0.